The van der Waals surface area contributed by atoms with E-state index in [1.807, 2.05) is 0 Å². The standard InChI is InChI=1S/C11H9BrClF3O/c12-5-8(17)4-9-7(6-13)2-1-3-10(9)11(14,15)16/h1-3H,4-6H2. The van der Waals surface area contributed by atoms with E-state index in [-0.39, 0.29) is 29.0 Å². The first-order chi connectivity index (χ1) is 7.90. The van der Waals surface area contributed by atoms with Gasteiger partial charge in [-0.15, -0.1) is 11.6 Å². The summed E-state index contributed by atoms with van der Waals surface area (Å²) in [7, 11) is 0. The lowest BCUT2D eigenvalue weighted by molar-refractivity contribution is -0.138. The molecule has 94 valence electrons. The normalized spacial score (nSPS) is 11.6. The van der Waals surface area contributed by atoms with Gasteiger partial charge in [-0.05, 0) is 17.2 Å². The Kier molecular flexibility index (Phi) is 5.01. The fourth-order valence-electron chi connectivity index (χ4n) is 1.48. The van der Waals surface area contributed by atoms with Crippen molar-refractivity contribution in [2.45, 2.75) is 18.5 Å². The maximum atomic E-state index is 12.8. The lowest BCUT2D eigenvalue weighted by Crippen LogP contribution is -2.15. The number of rotatable bonds is 4. The highest BCUT2D eigenvalue weighted by Crippen LogP contribution is 2.34. The Morgan fingerprint density at radius 3 is 2.47 bits per heavy atom. The van der Waals surface area contributed by atoms with Crippen molar-refractivity contribution in [3.8, 4) is 0 Å². The summed E-state index contributed by atoms with van der Waals surface area (Å²) in [6.07, 6.45) is -4.73. The molecule has 1 nitrogen and oxygen atoms in total. The van der Waals surface area contributed by atoms with Gasteiger partial charge in [-0.3, -0.25) is 4.79 Å². The zero-order chi connectivity index (χ0) is 13.1. The molecule has 17 heavy (non-hydrogen) atoms. The molecule has 0 saturated carbocycles. The maximum Gasteiger partial charge on any atom is 0.416 e. The Bertz CT molecular complexity index is 418. The highest BCUT2D eigenvalue weighted by atomic mass is 79.9. The smallest absolute Gasteiger partial charge is 0.298 e. The van der Waals surface area contributed by atoms with Gasteiger partial charge in [0.1, 0.15) is 5.78 Å². The Hall–Kier alpha value is -0.550. The molecule has 1 rings (SSSR count). The zero-order valence-electron chi connectivity index (χ0n) is 8.65. The van der Waals surface area contributed by atoms with E-state index < -0.39 is 11.7 Å². The SMILES string of the molecule is O=C(CBr)Cc1c(CCl)cccc1C(F)(F)F. The molecule has 0 N–H and O–H groups in total. The zero-order valence-corrected chi connectivity index (χ0v) is 11.0. The lowest BCUT2D eigenvalue weighted by Gasteiger charge is -2.15. The lowest BCUT2D eigenvalue weighted by atomic mass is 9.97. The van der Waals surface area contributed by atoms with Crippen molar-refractivity contribution in [1.82, 2.24) is 0 Å². The van der Waals surface area contributed by atoms with E-state index in [2.05, 4.69) is 15.9 Å². The second-order valence-electron chi connectivity index (χ2n) is 3.42. The molecule has 6 heteroatoms. The number of carbonyl (C=O) groups excluding carboxylic acids is 1. The third kappa shape index (κ3) is 3.71. The molecule has 0 unspecified atom stereocenters. The summed E-state index contributed by atoms with van der Waals surface area (Å²) in [6.45, 7) is 0. The van der Waals surface area contributed by atoms with Gasteiger partial charge in [0.25, 0.3) is 0 Å². The van der Waals surface area contributed by atoms with Gasteiger partial charge < -0.3 is 0 Å². The Morgan fingerprint density at radius 2 is 2.00 bits per heavy atom. The first kappa shape index (κ1) is 14.5. The van der Waals surface area contributed by atoms with E-state index >= 15 is 0 Å². The summed E-state index contributed by atoms with van der Waals surface area (Å²) in [5.74, 6) is -0.359. The molecule has 0 aromatic heterocycles. The molecule has 0 spiro atoms. The van der Waals surface area contributed by atoms with Gasteiger partial charge in [0.05, 0.1) is 10.9 Å². The van der Waals surface area contributed by atoms with Crippen molar-refractivity contribution in [3.63, 3.8) is 0 Å². The van der Waals surface area contributed by atoms with Crippen LogP contribution in [0.3, 0.4) is 0 Å². The maximum absolute atomic E-state index is 12.8. The summed E-state index contributed by atoms with van der Waals surface area (Å²) < 4.78 is 38.3. The monoisotopic (exact) mass is 328 g/mol. The molecule has 0 radical (unpaired) electrons. The number of carbonyl (C=O) groups is 1. The first-order valence-corrected chi connectivity index (χ1v) is 6.37. The molecule has 0 aliphatic rings. The number of halogens is 5. The second kappa shape index (κ2) is 5.87. The van der Waals surface area contributed by atoms with E-state index in [1.165, 1.54) is 12.1 Å². The third-order valence-corrected chi connectivity index (χ3v) is 3.16. The summed E-state index contributed by atoms with van der Waals surface area (Å²) in [5, 5.41) is 0.0287. The van der Waals surface area contributed by atoms with Gasteiger partial charge in [0, 0.05) is 12.3 Å². The van der Waals surface area contributed by atoms with Crippen LogP contribution in [-0.4, -0.2) is 11.1 Å². The molecule has 0 atom stereocenters. The van der Waals surface area contributed by atoms with Crippen LogP contribution >= 0.6 is 27.5 Å². The minimum atomic E-state index is -4.47. The molecule has 0 aliphatic heterocycles. The van der Waals surface area contributed by atoms with Crippen LogP contribution in [0.4, 0.5) is 13.2 Å². The van der Waals surface area contributed by atoms with Crippen LogP contribution < -0.4 is 0 Å². The quantitative estimate of drug-likeness (QED) is 0.765. The highest BCUT2D eigenvalue weighted by Gasteiger charge is 2.34. The van der Waals surface area contributed by atoms with Crippen LogP contribution in [0, 0.1) is 0 Å². The Balaban J connectivity index is 3.26. The largest absolute Gasteiger partial charge is 0.416 e. The number of Topliss-reactive ketones (excluding diaryl/α,β-unsaturated/α-hetero) is 1. The van der Waals surface area contributed by atoms with Crippen LogP contribution in [0.15, 0.2) is 18.2 Å². The Labute approximate surface area is 110 Å². The molecular weight excluding hydrogens is 320 g/mol. The van der Waals surface area contributed by atoms with Crippen molar-refractivity contribution in [1.29, 1.82) is 0 Å². The van der Waals surface area contributed by atoms with Crippen LogP contribution in [0.2, 0.25) is 0 Å². The Morgan fingerprint density at radius 1 is 1.35 bits per heavy atom. The average Bonchev–Trinajstić information content (AvgIpc) is 2.27. The van der Waals surface area contributed by atoms with Crippen molar-refractivity contribution in [2.75, 3.05) is 5.33 Å². The summed E-state index contributed by atoms with van der Waals surface area (Å²) >= 11 is 8.52. The van der Waals surface area contributed by atoms with Crippen LogP contribution in [0.25, 0.3) is 0 Å². The molecular formula is C11H9BrClF3O. The van der Waals surface area contributed by atoms with Gasteiger partial charge in [-0.25, -0.2) is 0 Å². The van der Waals surface area contributed by atoms with E-state index in [0.717, 1.165) is 6.07 Å². The first-order valence-electron chi connectivity index (χ1n) is 4.71. The molecule has 0 bridgehead atoms. The van der Waals surface area contributed by atoms with Gasteiger partial charge in [0.2, 0.25) is 0 Å². The average molecular weight is 330 g/mol. The summed E-state index contributed by atoms with van der Waals surface area (Å²) in [6, 6.07) is 3.76. The van der Waals surface area contributed by atoms with Gasteiger partial charge in [0.15, 0.2) is 0 Å². The van der Waals surface area contributed by atoms with E-state index in [9.17, 15) is 18.0 Å². The summed E-state index contributed by atoms with van der Waals surface area (Å²) in [5.41, 5.74) is -0.472. The number of hydrogen-bond donors (Lipinski definition) is 0. The topological polar surface area (TPSA) is 17.1 Å². The van der Waals surface area contributed by atoms with Crippen molar-refractivity contribution in [3.05, 3.63) is 34.9 Å². The predicted octanol–water partition coefficient (Wildman–Crippen LogP) is 3.95. The molecule has 1 aromatic carbocycles. The van der Waals surface area contributed by atoms with Crippen molar-refractivity contribution in [2.24, 2.45) is 0 Å². The number of benzene rings is 1. The molecule has 0 amide bonds. The highest BCUT2D eigenvalue weighted by molar-refractivity contribution is 9.09. The fraction of sp³-hybridized carbons (Fsp3) is 0.364. The van der Waals surface area contributed by atoms with E-state index in [0.29, 0.717) is 5.56 Å². The van der Waals surface area contributed by atoms with Crippen LogP contribution in [0.5, 0.6) is 0 Å². The van der Waals surface area contributed by atoms with Gasteiger partial charge in [-0.2, -0.15) is 13.2 Å². The van der Waals surface area contributed by atoms with Crippen LogP contribution in [-0.2, 0) is 23.3 Å². The van der Waals surface area contributed by atoms with Crippen molar-refractivity contribution >= 4 is 33.3 Å². The van der Waals surface area contributed by atoms with E-state index in [1.54, 1.807) is 0 Å². The van der Waals surface area contributed by atoms with Crippen molar-refractivity contribution < 1.29 is 18.0 Å². The molecule has 1 aromatic rings. The van der Waals surface area contributed by atoms with E-state index in [4.69, 9.17) is 11.6 Å². The second-order valence-corrected chi connectivity index (χ2v) is 4.25. The minimum Gasteiger partial charge on any atom is -0.298 e. The molecule has 0 heterocycles. The van der Waals surface area contributed by atoms with Gasteiger partial charge >= 0.3 is 6.18 Å². The summed E-state index contributed by atoms with van der Waals surface area (Å²) in [4.78, 5) is 11.3. The minimum absolute atomic E-state index is 0.0283. The van der Waals surface area contributed by atoms with Gasteiger partial charge in [-0.1, -0.05) is 28.1 Å². The molecule has 0 saturated heterocycles. The van der Waals surface area contributed by atoms with Crippen LogP contribution in [0.1, 0.15) is 16.7 Å². The molecule has 0 aliphatic carbocycles. The number of ketones is 1. The fourth-order valence-corrected chi connectivity index (χ4v) is 1.93. The third-order valence-electron chi connectivity index (χ3n) is 2.25. The number of hydrogen-bond acceptors (Lipinski definition) is 1. The number of alkyl halides is 5. The predicted molar refractivity (Wildman–Crippen MR) is 63.5 cm³/mol. The molecule has 0 fully saturated rings.